The Hall–Kier alpha value is -0.870. The van der Waals surface area contributed by atoms with Crippen LogP contribution in [-0.4, -0.2) is 53.0 Å². The van der Waals surface area contributed by atoms with Crippen molar-refractivity contribution in [3.05, 3.63) is 11.8 Å². The Morgan fingerprint density at radius 1 is 1.53 bits per heavy atom. The number of fused-ring (bicyclic) bond motifs is 2. The largest absolute Gasteiger partial charge is 0.309 e. The summed E-state index contributed by atoms with van der Waals surface area (Å²) in [6.07, 6.45) is 3.28. The molecule has 3 aliphatic heterocycles. The molecule has 94 valence electrons. The Bertz CT molecular complexity index is 377. The van der Waals surface area contributed by atoms with Crippen molar-refractivity contribution in [1.29, 1.82) is 0 Å². The standard InChI is InChI=1S/C13H21N3O/c1-8(2)15-6-10-4-5-11(7-15)16(10)13(17)12-9(3)14-12/h4,8-9,11-12,14H,5-7H2,1-3H3/t9-,11-,12+/m1/s1. The number of piperazine rings is 1. The molecule has 0 spiro atoms. The van der Waals surface area contributed by atoms with Gasteiger partial charge in [-0.2, -0.15) is 0 Å². The van der Waals surface area contributed by atoms with Gasteiger partial charge in [0.1, 0.15) is 6.04 Å². The summed E-state index contributed by atoms with van der Waals surface area (Å²) in [5.41, 5.74) is 1.22. The third-order valence-electron chi connectivity index (χ3n) is 4.18. The van der Waals surface area contributed by atoms with E-state index in [0.29, 0.717) is 18.1 Å². The minimum absolute atomic E-state index is 0.0737. The minimum Gasteiger partial charge on any atom is -0.309 e. The zero-order chi connectivity index (χ0) is 12.2. The Labute approximate surface area is 103 Å². The molecule has 3 aliphatic rings. The summed E-state index contributed by atoms with van der Waals surface area (Å²) in [6, 6.07) is 1.38. The van der Waals surface area contributed by atoms with Crippen LogP contribution >= 0.6 is 0 Å². The molecule has 1 amide bonds. The molecular weight excluding hydrogens is 214 g/mol. The molecule has 3 rings (SSSR count). The average Bonchev–Trinajstić information content (AvgIpc) is 2.95. The summed E-state index contributed by atoms with van der Waals surface area (Å²) in [6.45, 7) is 8.47. The molecule has 0 saturated carbocycles. The van der Waals surface area contributed by atoms with Gasteiger partial charge in [0.25, 0.3) is 0 Å². The molecule has 0 aromatic heterocycles. The predicted octanol–water partition coefficient (Wildman–Crippen LogP) is 0.555. The summed E-state index contributed by atoms with van der Waals surface area (Å²) in [4.78, 5) is 16.8. The second-order valence-corrected chi connectivity index (χ2v) is 5.75. The average molecular weight is 235 g/mol. The molecule has 2 bridgehead atoms. The Kier molecular flexibility index (Phi) is 2.52. The smallest absolute Gasteiger partial charge is 0.245 e. The monoisotopic (exact) mass is 235 g/mol. The van der Waals surface area contributed by atoms with Crippen molar-refractivity contribution in [2.24, 2.45) is 0 Å². The topological polar surface area (TPSA) is 45.5 Å². The highest BCUT2D eigenvalue weighted by Crippen LogP contribution is 2.31. The van der Waals surface area contributed by atoms with E-state index in [9.17, 15) is 4.79 Å². The van der Waals surface area contributed by atoms with Gasteiger partial charge in [-0.15, -0.1) is 0 Å². The highest BCUT2D eigenvalue weighted by atomic mass is 16.2. The molecule has 4 nitrogen and oxygen atoms in total. The van der Waals surface area contributed by atoms with Crippen LogP contribution in [0.3, 0.4) is 0 Å². The second kappa shape index (κ2) is 3.82. The summed E-state index contributed by atoms with van der Waals surface area (Å²) in [5.74, 6) is 0.287. The maximum Gasteiger partial charge on any atom is 0.245 e. The molecular formula is C13H21N3O. The molecule has 4 heteroatoms. The van der Waals surface area contributed by atoms with E-state index in [2.05, 4.69) is 42.0 Å². The highest BCUT2D eigenvalue weighted by Gasteiger charge is 2.46. The van der Waals surface area contributed by atoms with Crippen molar-refractivity contribution in [2.75, 3.05) is 13.1 Å². The molecule has 2 saturated heterocycles. The zero-order valence-electron chi connectivity index (χ0n) is 10.8. The van der Waals surface area contributed by atoms with Gasteiger partial charge in [-0.1, -0.05) is 6.08 Å². The van der Waals surface area contributed by atoms with Gasteiger partial charge in [-0.25, -0.2) is 0 Å². The first-order chi connectivity index (χ1) is 8.08. The molecule has 0 radical (unpaired) electrons. The van der Waals surface area contributed by atoms with Crippen LogP contribution in [0.5, 0.6) is 0 Å². The molecule has 0 aromatic carbocycles. The number of hydrogen-bond acceptors (Lipinski definition) is 3. The number of carbonyl (C=O) groups is 1. The number of carbonyl (C=O) groups excluding carboxylic acids is 1. The lowest BCUT2D eigenvalue weighted by molar-refractivity contribution is -0.132. The fourth-order valence-corrected chi connectivity index (χ4v) is 2.93. The lowest BCUT2D eigenvalue weighted by Gasteiger charge is -2.40. The molecule has 17 heavy (non-hydrogen) atoms. The van der Waals surface area contributed by atoms with E-state index in [4.69, 9.17) is 0 Å². The molecule has 0 unspecified atom stereocenters. The normalized spacial score (nSPS) is 36.4. The fourth-order valence-electron chi connectivity index (χ4n) is 2.93. The number of amides is 1. The van der Waals surface area contributed by atoms with Gasteiger partial charge in [0.15, 0.2) is 0 Å². The lowest BCUT2D eigenvalue weighted by Crippen LogP contribution is -2.53. The maximum atomic E-state index is 12.3. The van der Waals surface area contributed by atoms with Gasteiger partial charge in [-0.3, -0.25) is 15.0 Å². The van der Waals surface area contributed by atoms with Gasteiger partial charge in [0.05, 0.1) is 6.04 Å². The first-order valence-electron chi connectivity index (χ1n) is 6.60. The van der Waals surface area contributed by atoms with Crippen molar-refractivity contribution in [3.8, 4) is 0 Å². The van der Waals surface area contributed by atoms with Crippen LogP contribution in [0.15, 0.2) is 11.8 Å². The quantitative estimate of drug-likeness (QED) is 0.711. The number of nitrogens with one attached hydrogen (secondary N) is 1. The Morgan fingerprint density at radius 2 is 2.24 bits per heavy atom. The summed E-state index contributed by atoms with van der Waals surface area (Å²) < 4.78 is 0. The van der Waals surface area contributed by atoms with Crippen LogP contribution in [0, 0.1) is 0 Å². The molecule has 0 aromatic rings. The van der Waals surface area contributed by atoms with Gasteiger partial charge in [-0.05, 0) is 27.2 Å². The molecule has 3 heterocycles. The third-order valence-corrected chi connectivity index (χ3v) is 4.18. The van der Waals surface area contributed by atoms with Crippen molar-refractivity contribution < 1.29 is 4.79 Å². The van der Waals surface area contributed by atoms with Gasteiger partial charge >= 0.3 is 0 Å². The van der Waals surface area contributed by atoms with Crippen LogP contribution in [0.25, 0.3) is 0 Å². The Balaban J connectivity index is 1.73. The fraction of sp³-hybridized carbons (Fsp3) is 0.769. The SMILES string of the molecule is CC(C)N1CC2=CC[C@H](C1)N2C(=O)[C@H]1N[C@@H]1C. The van der Waals surface area contributed by atoms with Gasteiger partial charge < -0.3 is 4.90 Å². The minimum atomic E-state index is 0.0737. The van der Waals surface area contributed by atoms with Crippen LogP contribution in [-0.2, 0) is 4.79 Å². The van der Waals surface area contributed by atoms with Crippen molar-refractivity contribution in [2.45, 2.75) is 51.4 Å². The molecule has 3 atom stereocenters. The van der Waals surface area contributed by atoms with Gasteiger partial charge in [0.2, 0.25) is 5.91 Å². The van der Waals surface area contributed by atoms with E-state index >= 15 is 0 Å². The molecule has 1 N–H and O–H groups in total. The van der Waals surface area contributed by atoms with E-state index in [1.807, 2.05) is 0 Å². The highest BCUT2D eigenvalue weighted by molar-refractivity contribution is 5.88. The third kappa shape index (κ3) is 1.79. The van der Waals surface area contributed by atoms with Crippen molar-refractivity contribution in [1.82, 2.24) is 15.1 Å². The van der Waals surface area contributed by atoms with Crippen LogP contribution in [0.1, 0.15) is 27.2 Å². The lowest BCUT2D eigenvalue weighted by atomic mass is 10.1. The molecule has 2 fully saturated rings. The van der Waals surface area contributed by atoms with E-state index in [1.54, 1.807) is 0 Å². The first kappa shape index (κ1) is 11.2. The summed E-state index contributed by atoms with van der Waals surface area (Å²) >= 11 is 0. The number of nitrogens with zero attached hydrogens (tertiary/aromatic N) is 2. The van der Waals surface area contributed by atoms with Gasteiger partial charge in [0, 0.05) is 30.9 Å². The first-order valence-corrected chi connectivity index (χ1v) is 6.60. The van der Waals surface area contributed by atoms with Crippen molar-refractivity contribution in [3.63, 3.8) is 0 Å². The van der Waals surface area contributed by atoms with E-state index in [0.717, 1.165) is 19.5 Å². The predicted molar refractivity (Wildman–Crippen MR) is 66.4 cm³/mol. The van der Waals surface area contributed by atoms with Crippen LogP contribution in [0.2, 0.25) is 0 Å². The summed E-state index contributed by atoms with van der Waals surface area (Å²) in [7, 11) is 0. The van der Waals surface area contributed by atoms with E-state index in [1.165, 1.54) is 5.70 Å². The zero-order valence-corrected chi connectivity index (χ0v) is 10.8. The van der Waals surface area contributed by atoms with E-state index < -0.39 is 0 Å². The maximum absolute atomic E-state index is 12.3. The van der Waals surface area contributed by atoms with Crippen LogP contribution in [0.4, 0.5) is 0 Å². The number of hydrogen-bond donors (Lipinski definition) is 1. The summed E-state index contributed by atoms with van der Waals surface area (Å²) in [5, 5.41) is 3.20. The van der Waals surface area contributed by atoms with E-state index in [-0.39, 0.29) is 11.9 Å². The molecule has 0 aliphatic carbocycles. The van der Waals surface area contributed by atoms with Crippen LogP contribution < -0.4 is 5.32 Å². The Morgan fingerprint density at radius 3 is 2.76 bits per heavy atom. The van der Waals surface area contributed by atoms with Crippen molar-refractivity contribution >= 4 is 5.91 Å². The second-order valence-electron chi connectivity index (χ2n) is 5.75. The number of rotatable bonds is 2.